The van der Waals surface area contributed by atoms with E-state index >= 15 is 0 Å². The monoisotopic (exact) mass is 504 g/mol. The van der Waals surface area contributed by atoms with Crippen molar-refractivity contribution in [3.8, 4) is 11.5 Å². The van der Waals surface area contributed by atoms with Gasteiger partial charge in [-0.05, 0) is 43.1 Å². The molecule has 1 heterocycles. The summed E-state index contributed by atoms with van der Waals surface area (Å²) in [5.74, 6) is -2.95. The third-order valence-electron chi connectivity index (χ3n) is 3.82. The van der Waals surface area contributed by atoms with Crippen LogP contribution in [-0.4, -0.2) is 19.2 Å². The van der Waals surface area contributed by atoms with Crippen molar-refractivity contribution in [1.29, 1.82) is 0 Å². The molecule has 0 bridgehead atoms. The maximum absolute atomic E-state index is 14.5. The number of halogens is 5. The normalized spacial score (nSPS) is 12.4. The van der Waals surface area contributed by atoms with Crippen LogP contribution in [0.3, 0.4) is 0 Å². The summed E-state index contributed by atoms with van der Waals surface area (Å²) < 4.78 is 67.7. The van der Waals surface area contributed by atoms with E-state index in [1.54, 1.807) is 18.2 Å². The van der Waals surface area contributed by atoms with E-state index in [0.717, 1.165) is 13.0 Å². The zero-order valence-electron chi connectivity index (χ0n) is 18.8. The summed E-state index contributed by atoms with van der Waals surface area (Å²) in [4.78, 5) is 3.17. The van der Waals surface area contributed by atoms with Gasteiger partial charge in [0.25, 0.3) is 0 Å². The van der Waals surface area contributed by atoms with Crippen LogP contribution in [0.1, 0.15) is 26.3 Å². The van der Waals surface area contributed by atoms with Crippen molar-refractivity contribution in [3.63, 3.8) is 0 Å². The number of benzene rings is 1. The minimum absolute atomic E-state index is 0.00104. The standard InChI is InChI=1S/C21H19ClF4N2O2S.C2H6/c1-13(23)9-16(24)21(17(25)11-22)31-28(20-6-4-5-19(26)27-20)12-14-7-8-15(29-2)10-18(14)30-3;1-2/h4-11H,12H2,1-3H3;1-2H3/b13-9+,17-11-,21-16-;. The van der Waals surface area contributed by atoms with E-state index in [2.05, 4.69) is 4.98 Å². The van der Waals surface area contributed by atoms with Gasteiger partial charge >= 0.3 is 0 Å². The summed E-state index contributed by atoms with van der Waals surface area (Å²) in [6, 6.07) is 8.97. The molecule has 0 spiro atoms. The second kappa shape index (κ2) is 14.5. The Balaban J connectivity index is 0.00000265. The Labute approximate surface area is 200 Å². The molecule has 33 heavy (non-hydrogen) atoms. The van der Waals surface area contributed by atoms with Gasteiger partial charge in [0.1, 0.15) is 28.0 Å². The molecule has 0 amide bonds. The number of allylic oxidation sites excluding steroid dienone is 4. The second-order valence-corrected chi connectivity index (χ2v) is 7.24. The first-order chi connectivity index (χ1) is 15.8. The van der Waals surface area contributed by atoms with Crippen molar-refractivity contribution in [2.24, 2.45) is 0 Å². The van der Waals surface area contributed by atoms with Crippen LogP contribution >= 0.6 is 23.5 Å². The molecule has 0 aliphatic carbocycles. The maximum atomic E-state index is 14.5. The maximum Gasteiger partial charge on any atom is 0.214 e. The molecule has 0 saturated heterocycles. The molecule has 1 aromatic heterocycles. The zero-order valence-corrected chi connectivity index (χ0v) is 20.4. The highest BCUT2D eigenvalue weighted by atomic mass is 35.5. The molecule has 0 fully saturated rings. The SMILES string of the molecule is CC.COc1ccc(CN(SC(/C(F)=C/Cl)=C(F)/C=C(\C)F)c2cccc(F)n2)c(OC)c1. The Morgan fingerprint density at radius 2 is 1.82 bits per heavy atom. The molecule has 4 nitrogen and oxygen atoms in total. The Hall–Kier alpha value is -2.65. The molecule has 0 unspecified atom stereocenters. The molecule has 0 atom stereocenters. The lowest BCUT2D eigenvalue weighted by Crippen LogP contribution is -2.17. The van der Waals surface area contributed by atoms with Gasteiger partial charge in [-0.3, -0.25) is 4.31 Å². The first-order valence-electron chi connectivity index (χ1n) is 9.77. The van der Waals surface area contributed by atoms with Crippen LogP contribution in [0.2, 0.25) is 0 Å². The Morgan fingerprint density at radius 3 is 2.36 bits per heavy atom. The highest BCUT2D eigenvalue weighted by Gasteiger charge is 2.21. The quantitative estimate of drug-likeness (QED) is 0.149. The summed E-state index contributed by atoms with van der Waals surface area (Å²) in [5.41, 5.74) is 1.11. The topological polar surface area (TPSA) is 34.6 Å². The third-order valence-corrected chi connectivity index (χ3v) is 5.12. The molecule has 2 rings (SSSR count). The Morgan fingerprint density at radius 1 is 1.12 bits per heavy atom. The van der Waals surface area contributed by atoms with Crippen LogP contribution in [-0.2, 0) is 6.54 Å². The van der Waals surface area contributed by atoms with E-state index in [1.165, 1.54) is 30.7 Å². The van der Waals surface area contributed by atoms with Crippen molar-refractivity contribution in [3.05, 3.63) is 81.9 Å². The lowest BCUT2D eigenvalue weighted by Gasteiger charge is -2.24. The number of ether oxygens (including phenoxy) is 2. The smallest absolute Gasteiger partial charge is 0.214 e. The molecule has 180 valence electrons. The Bertz CT molecular complexity index is 1010. The van der Waals surface area contributed by atoms with Crippen molar-refractivity contribution in [1.82, 2.24) is 4.98 Å². The minimum atomic E-state index is -1.19. The summed E-state index contributed by atoms with van der Waals surface area (Å²) in [7, 11) is 2.95. The number of pyridine rings is 1. The van der Waals surface area contributed by atoms with Crippen molar-refractivity contribution >= 4 is 29.4 Å². The van der Waals surface area contributed by atoms with Gasteiger partial charge in [0.15, 0.2) is 5.83 Å². The number of anilines is 1. The van der Waals surface area contributed by atoms with Crippen molar-refractivity contribution in [2.45, 2.75) is 27.3 Å². The Kier molecular flexibility index (Phi) is 12.5. The fraction of sp³-hybridized carbons (Fsp3) is 0.261. The summed E-state index contributed by atoms with van der Waals surface area (Å²) in [5, 5.41) is 0. The van der Waals surface area contributed by atoms with E-state index in [-0.39, 0.29) is 12.4 Å². The lowest BCUT2D eigenvalue weighted by atomic mass is 10.2. The first-order valence-corrected chi connectivity index (χ1v) is 11.0. The zero-order chi connectivity index (χ0) is 25.0. The number of rotatable bonds is 9. The predicted octanol–water partition coefficient (Wildman–Crippen LogP) is 8.02. The molecular weight excluding hydrogens is 480 g/mol. The molecule has 1 aromatic carbocycles. The highest BCUT2D eigenvalue weighted by molar-refractivity contribution is 8.04. The van der Waals surface area contributed by atoms with E-state index in [1.807, 2.05) is 13.8 Å². The number of nitrogens with zero attached hydrogens (tertiary/aromatic N) is 2. The van der Waals surface area contributed by atoms with Gasteiger partial charge < -0.3 is 9.47 Å². The van der Waals surface area contributed by atoms with Crippen LogP contribution in [0.25, 0.3) is 0 Å². The predicted molar refractivity (Wildman–Crippen MR) is 127 cm³/mol. The highest BCUT2D eigenvalue weighted by Crippen LogP contribution is 2.38. The summed E-state index contributed by atoms with van der Waals surface area (Å²) in [6.07, 6.45) is 0.521. The molecule has 0 saturated carbocycles. The lowest BCUT2D eigenvalue weighted by molar-refractivity contribution is 0.391. The average molecular weight is 505 g/mol. The van der Waals surface area contributed by atoms with Gasteiger partial charge in [-0.2, -0.15) is 4.39 Å². The average Bonchev–Trinajstić information content (AvgIpc) is 2.82. The largest absolute Gasteiger partial charge is 0.497 e. The first kappa shape index (κ1) is 28.4. The molecular formula is C23H25ClF4N2O2S. The van der Waals surface area contributed by atoms with E-state index in [9.17, 15) is 17.6 Å². The summed E-state index contributed by atoms with van der Waals surface area (Å²) in [6.45, 7) is 5.01. The number of methoxy groups -OCH3 is 2. The van der Waals surface area contributed by atoms with Crippen LogP contribution in [0, 0.1) is 5.95 Å². The fourth-order valence-corrected chi connectivity index (χ4v) is 3.52. The molecule has 0 radical (unpaired) electrons. The number of hydrogen-bond donors (Lipinski definition) is 0. The second-order valence-electron chi connectivity index (χ2n) is 5.99. The van der Waals surface area contributed by atoms with Gasteiger partial charge in [-0.1, -0.05) is 31.5 Å². The minimum Gasteiger partial charge on any atom is -0.497 e. The third kappa shape index (κ3) is 8.66. The molecule has 2 aromatic rings. The molecule has 0 aliphatic heterocycles. The number of hydrogen-bond acceptors (Lipinski definition) is 5. The van der Waals surface area contributed by atoms with E-state index in [0.29, 0.717) is 40.6 Å². The van der Waals surface area contributed by atoms with Gasteiger partial charge in [0.05, 0.1) is 26.6 Å². The van der Waals surface area contributed by atoms with Crippen LogP contribution in [0.5, 0.6) is 11.5 Å². The van der Waals surface area contributed by atoms with Gasteiger partial charge in [0, 0.05) is 23.2 Å². The van der Waals surface area contributed by atoms with E-state index in [4.69, 9.17) is 21.1 Å². The van der Waals surface area contributed by atoms with E-state index < -0.39 is 28.3 Å². The fourth-order valence-electron chi connectivity index (χ4n) is 2.43. The molecule has 0 aliphatic rings. The van der Waals surface area contributed by atoms with Crippen LogP contribution in [0.4, 0.5) is 23.4 Å². The van der Waals surface area contributed by atoms with Crippen LogP contribution in [0.15, 0.2) is 70.4 Å². The van der Waals surface area contributed by atoms with Crippen LogP contribution < -0.4 is 13.8 Å². The van der Waals surface area contributed by atoms with Gasteiger partial charge in [0.2, 0.25) is 5.95 Å². The molecule has 0 N–H and O–H groups in total. The number of aromatic nitrogens is 1. The van der Waals surface area contributed by atoms with Crippen molar-refractivity contribution in [2.75, 3.05) is 18.5 Å². The van der Waals surface area contributed by atoms with Gasteiger partial charge in [-0.15, -0.1) is 0 Å². The molecule has 10 heteroatoms. The van der Waals surface area contributed by atoms with Crippen molar-refractivity contribution < 1.29 is 27.0 Å². The van der Waals surface area contributed by atoms with Gasteiger partial charge in [-0.25, -0.2) is 18.2 Å². The summed E-state index contributed by atoms with van der Waals surface area (Å²) >= 11 is 5.97.